The van der Waals surface area contributed by atoms with Crippen molar-refractivity contribution in [1.29, 1.82) is 0 Å². The summed E-state index contributed by atoms with van der Waals surface area (Å²) in [6.07, 6.45) is 7.24. The molecule has 111 heavy (non-hydrogen) atoms. The van der Waals surface area contributed by atoms with Crippen LogP contribution in [0.3, 0.4) is 0 Å². The number of hydrogen-bond acceptors (Lipinski definition) is 6. The van der Waals surface area contributed by atoms with Crippen LogP contribution in [0.5, 0.6) is 0 Å². The number of nitrogens with zero attached hydrogens (tertiary/aromatic N) is 6. The van der Waals surface area contributed by atoms with Crippen molar-refractivity contribution in [1.82, 2.24) is 29.9 Å². The molecule has 16 aromatic carbocycles. The highest BCUT2D eigenvalue weighted by Crippen LogP contribution is 2.50. The van der Waals surface area contributed by atoms with Gasteiger partial charge in [0.25, 0.3) is 0 Å². The van der Waals surface area contributed by atoms with Crippen molar-refractivity contribution < 1.29 is 0 Å². The molecule has 0 bridgehead atoms. The Morgan fingerprint density at radius 3 is 0.982 bits per heavy atom. The highest BCUT2D eigenvalue weighted by molar-refractivity contribution is 9.11. The van der Waals surface area contributed by atoms with E-state index in [-0.39, 0.29) is 7.43 Å². The third kappa shape index (κ3) is 12.0. The number of rotatable bonds is 7. The molecule has 0 aliphatic rings. The van der Waals surface area contributed by atoms with Gasteiger partial charge in [0.1, 0.15) is 0 Å². The molecule has 522 valence electrons. The van der Waals surface area contributed by atoms with Gasteiger partial charge in [-0.25, -0.2) is 19.9 Å². The largest absolute Gasteiger partial charge is 0.265 e. The van der Waals surface area contributed by atoms with Gasteiger partial charge in [0.05, 0.1) is 45.2 Å². The van der Waals surface area contributed by atoms with E-state index in [4.69, 9.17) is 19.9 Å². The SMILES string of the molecule is Brc1c2ccccc2c(-c2cccc(-c3ccncc3)n2)c2ccccc12.Brc1cc2c(-c3ccccc3)nc3c4ccccc4ccc3c2c2ccccc12.C.c1ccc(-c2nc3c4ccccc4ccc3c3c2cc(-c2c4ccccc4c(-c4cccc(-c5ccncc5)n4)c4ccccc24)c2ccccc23)cc1. The van der Waals surface area contributed by atoms with Gasteiger partial charge in [-0.15, -0.1) is 0 Å². The van der Waals surface area contributed by atoms with Crippen LogP contribution in [0.2, 0.25) is 0 Å². The van der Waals surface area contributed by atoms with E-state index < -0.39 is 0 Å². The summed E-state index contributed by atoms with van der Waals surface area (Å²) in [4.78, 5) is 29.4. The van der Waals surface area contributed by atoms with Crippen LogP contribution in [0.25, 0.3) is 208 Å². The van der Waals surface area contributed by atoms with Crippen molar-refractivity contribution >= 4 is 161 Å². The third-order valence-corrected chi connectivity index (χ3v) is 23.0. The average Bonchev–Trinajstić information content (AvgIpc) is 0.721. The molecular formula is C103H66Br2N6. The van der Waals surface area contributed by atoms with Crippen LogP contribution < -0.4 is 0 Å². The van der Waals surface area contributed by atoms with Crippen LogP contribution in [0.4, 0.5) is 0 Å². The molecule has 0 unspecified atom stereocenters. The zero-order valence-corrected chi connectivity index (χ0v) is 62.4. The van der Waals surface area contributed by atoms with Crippen LogP contribution in [-0.4, -0.2) is 29.9 Å². The highest BCUT2D eigenvalue weighted by atomic mass is 79.9. The molecule has 6 nitrogen and oxygen atoms in total. The Hall–Kier alpha value is -13.5. The second kappa shape index (κ2) is 28.9. The number of fused-ring (bicyclic) bond motifs is 18. The molecule has 0 spiro atoms. The standard InChI is InChI=1S/C51H31N3.C27H16BrN.C24H15BrN2.CH4/c1-2-14-34(15-3-1)50-44-31-43(36-17-6-7-18-37(36)48(44)42-26-25-32-13-4-5-16-35(32)51(42)54-50)47-38-19-8-10-21-40(38)49(41-22-11-9-20-39(41)47)46-24-12-23-45(53-46)33-27-29-52-30-28-33;28-24-16-23-25(21-13-7-6-12-20(21)24)22-15-14-17-8-4-5-11-19(17)27(22)29-26(23)18-9-2-1-3-10-18;25-24-19-8-3-1-6-17(19)23(18-7-2-4-9-20(18)24)22-11-5-10-21(27-22)16-12-14-26-15-13-16;/h1-31H;1-16H;1-15H;1H4. The molecule has 0 aliphatic heterocycles. The molecule has 0 amide bonds. The van der Waals surface area contributed by atoms with E-state index in [9.17, 15) is 0 Å². The number of aromatic nitrogens is 6. The second-order valence-electron chi connectivity index (χ2n) is 27.6. The molecule has 0 aliphatic carbocycles. The minimum absolute atomic E-state index is 0. The van der Waals surface area contributed by atoms with Crippen molar-refractivity contribution in [3.8, 4) is 78.7 Å². The van der Waals surface area contributed by atoms with Crippen molar-refractivity contribution in [2.75, 3.05) is 0 Å². The monoisotopic (exact) mass is 1540 g/mol. The number of pyridine rings is 6. The van der Waals surface area contributed by atoms with Crippen LogP contribution in [0, 0.1) is 0 Å². The molecule has 22 aromatic rings. The first-order chi connectivity index (χ1) is 54.5. The van der Waals surface area contributed by atoms with Crippen LogP contribution in [0.15, 0.2) is 386 Å². The molecule has 0 saturated carbocycles. The van der Waals surface area contributed by atoms with Crippen LogP contribution in [-0.2, 0) is 0 Å². The Kier molecular flexibility index (Phi) is 17.7. The summed E-state index contributed by atoms with van der Waals surface area (Å²) >= 11 is 7.61. The Morgan fingerprint density at radius 2 is 0.541 bits per heavy atom. The number of benzene rings is 16. The maximum atomic E-state index is 5.54. The predicted octanol–water partition coefficient (Wildman–Crippen LogP) is 29.1. The molecule has 8 heteroatoms. The van der Waals surface area contributed by atoms with Gasteiger partial charge in [-0.3, -0.25) is 9.97 Å². The number of halogens is 2. The fraction of sp³-hybridized carbons (Fsp3) is 0.00971. The van der Waals surface area contributed by atoms with E-state index in [2.05, 4.69) is 357 Å². The Morgan fingerprint density at radius 1 is 0.207 bits per heavy atom. The summed E-state index contributed by atoms with van der Waals surface area (Å²) in [5.74, 6) is 0. The van der Waals surface area contributed by atoms with E-state index in [1.807, 2.05) is 48.8 Å². The maximum absolute atomic E-state index is 5.54. The summed E-state index contributed by atoms with van der Waals surface area (Å²) in [7, 11) is 0. The molecule has 0 atom stereocenters. The molecule has 22 rings (SSSR count). The predicted molar refractivity (Wildman–Crippen MR) is 476 cm³/mol. The lowest BCUT2D eigenvalue weighted by atomic mass is 9.83. The van der Waals surface area contributed by atoms with Gasteiger partial charge in [0.2, 0.25) is 0 Å². The lowest BCUT2D eigenvalue weighted by molar-refractivity contribution is 1.29. The van der Waals surface area contributed by atoms with Crippen molar-refractivity contribution in [2.24, 2.45) is 0 Å². The summed E-state index contributed by atoms with van der Waals surface area (Å²) in [6, 6.07) is 124. The second-order valence-corrected chi connectivity index (χ2v) is 29.3. The molecule has 6 heterocycles. The lowest BCUT2D eigenvalue weighted by Crippen LogP contribution is -1.96. The first-order valence-electron chi connectivity index (χ1n) is 36.8. The third-order valence-electron chi connectivity index (χ3n) is 21.5. The number of hydrogen-bond donors (Lipinski definition) is 0. The van der Waals surface area contributed by atoms with Crippen molar-refractivity contribution in [2.45, 2.75) is 7.43 Å². The van der Waals surface area contributed by atoms with Crippen LogP contribution >= 0.6 is 31.9 Å². The zero-order chi connectivity index (χ0) is 73.2. The van der Waals surface area contributed by atoms with E-state index >= 15 is 0 Å². The minimum atomic E-state index is 0. The summed E-state index contributed by atoms with van der Waals surface area (Å²) in [5.41, 5.74) is 16.9. The van der Waals surface area contributed by atoms with Gasteiger partial charge in [-0.05, 0) is 163 Å². The van der Waals surface area contributed by atoms with E-state index in [0.717, 1.165) is 98.1 Å². The summed E-state index contributed by atoms with van der Waals surface area (Å²) in [5, 5.41) is 26.3. The zero-order valence-electron chi connectivity index (χ0n) is 59.2. The Bertz CT molecular complexity index is 7310. The highest BCUT2D eigenvalue weighted by Gasteiger charge is 2.24. The van der Waals surface area contributed by atoms with Gasteiger partial charge in [0.15, 0.2) is 0 Å². The van der Waals surface area contributed by atoms with Crippen molar-refractivity contribution in [3.63, 3.8) is 0 Å². The summed E-state index contributed by atoms with van der Waals surface area (Å²) < 4.78 is 2.22. The average molecular weight is 1550 g/mol. The van der Waals surface area contributed by atoms with Gasteiger partial charge >= 0.3 is 0 Å². The molecular weight excluding hydrogens is 1480 g/mol. The smallest absolute Gasteiger partial charge is 0.0794 e. The molecule has 0 radical (unpaired) electrons. The van der Waals surface area contributed by atoms with E-state index in [1.54, 1.807) is 12.4 Å². The Balaban J connectivity index is 0.000000123. The molecule has 6 aromatic heterocycles. The topological polar surface area (TPSA) is 77.3 Å². The van der Waals surface area contributed by atoms with Gasteiger partial charge in [0, 0.05) is 110 Å². The minimum Gasteiger partial charge on any atom is -0.265 e. The quantitative estimate of drug-likeness (QED) is 0.117. The normalized spacial score (nSPS) is 11.4. The van der Waals surface area contributed by atoms with Crippen molar-refractivity contribution in [3.05, 3.63) is 386 Å². The van der Waals surface area contributed by atoms with Gasteiger partial charge in [-0.2, -0.15) is 0 Å². The molecule has 0 N–H and O–H groups in total. The van der Waals surface area contributed by atoms with E-state index in [0.29, 0.717) is 0 Å². The first-order valence-corrected chi connectivity index (χ1v) is 38.4. The molecule has 0 saturated heterocycles. The fourth-order valence-electron chi connectivity index (χ4n) is 16.6. The van der Waals surface area contributed by atoms with Gasteiger partial charge < -0.3 is 0 Å². The van der Waals surface area contributed by atoms with Gasteiger partial charge in [-0.1, -0.05) is 315 Å². The van der Waals surface area contributed by atoms with E-state index in [1.165, 1.54) is 119 Å². The fourth-order valence-corrected chi connectivity index (χ4v) is 17.8. The van der Waals surface area contributed by atoms with Crippen LogP contribution in [0.1, 0.15) is 7.43 Å². The maximum Gasteiger partial charge on any atom is 0.0794 e. The Labute approximate surface area is 658 Å². The lowest BCUT2D eigenvalue weighted by Gasteiger charge is -2.21. The first kappa shape index (κ1) is 68.1. The summed E-state index contributed by atoms with van der Waals surface area (Å²) in [6.45, 7) is 0. The molecule has 0 fully saturated rings.